The Hall–Kier alpha value is -3.19. The van der Waals surface area contributed by atoms with Crippen LogP contribution >= 0.6 is 12.6 Å². The van der Waals surface area contributed by atoms with Crippen LogP contribution in [-0.4, -0.2) is 29.5 Å². The van der Waals surface area contributed by atoms with Crippen LogP contribution in [0.3, 0.4) is 0 Å². The second kappa shape index (κ2) is 10.9. The predicted molar refractivity (Wildman–Crippen MR) is 128 cm³/mol. The van der Waals surface area contributed by atoms with Crippen molar-refractivity contribution in [1.29, 1.82) is 0 Å². The SMILES string of the molecule is Cc1ccc(NC(=O)O[C@@H](c2ccc(O)c3ccccc23)[C@@H](C)CCOC(=O)CS)cc1. The number of anilines is 1. The molecule has 3 aromatic rings. The number of nitrogens with one attached hydrogen (secondary N) is 1. The fourth-order valence-corrected chi connectivity index (χ4v) is 3.59. The molecule has 2 atom stereocenters. The van der Waals surface area contributed by atoms with Crippen molar-refractivity contribution < 1.29 is 24.2 Å². The molecule has 6 nitrogen and oxygen atoms in total. The Balaban J connectivity index is 1.86. The average molecular weight is 454 g/mol. The third-order valence-corrected chi connectivity index (χ3v) is 5.51. The minimum absolute atomic E-state index is 0.00979. The highest BCUT2D eigenvalue weighted by molar-refractivity contribution is 7.81. The van der Waals surface area contributed by atoms with Gasteiger partial charge >= 0.3 is 12.1 Å². The van der Waals surface area contributed by atoms with E-state index in [0.29, 0.717) is 17.5 Å². The van der Waals surface area contributed by atoms with Gasteiger partial charge in [-0.3, -0.25) is 10.1 Å². The van der Waals surface area contributed by atoms with E-state index >= 15 is 0 Å². The Kier molecular flexibility index (Phi) is 8.00. The van der Waals surface area contributed by atoms with Crippen molar-refractivity contribution in [2.24, 2.45) is 5.92 Å². The number of hydrogen-bond donors (Lipinski definition) is 3. The summed E-state index contributed by atoms with van der Waals surface area (Å²) < 4.78 is 11.0. The summed E-state index contributed by atoms with van der Waals surface area (Å²) in [5.74, 6) is -0.400. The van der Waals surface area contributed by atoms with Crippen LogP contribution < -0.4 is 5.32 Å². The van der Waals surface area contributed by atoms with Crippen LogP contribution in [0.5, 0.6) is 5.75 Å². The molecule has 0 aliphatic rings. The Labute approximate surface area is 193 Å². The maximum Gasteiger partial charge on any atom is 0.412 e. The van der Waals surface area contributed by atoms with Gasteiger partial charge in [-0.25, -0.2) is 4.79 Å². The molecule has 0 aliphatic heterocycles. The van der Waals surface area contributed by atoms with Gasteiger partial charge in [-0.05, 0) is 36.9 Å². The number of ether oxygens (including phenoxy) is 2. The van der Waals surface area contributed by atoms with Gasteiger partial charge in [0.25, 0.3) is 0 Å². The second-order valence-electron chi connectivity index (χ2n) is 7.68. The number of carbonyl (C=O) groups is 2. The van der Waals surface area contributed by atoms with Crippen molar-refractivity contribution in [3.05, 3.63) is 71.8 Å². The van der Waals surface area contributed by atoms with Gasteiger partial charge in [0, 0.05) is 22.6 Å². The smallest absolute Gasteiger partial charge is 0.412 e. The van der Waals surface area contributed by atoms with Crippen LogP contribution in [-0.2, 0) is 14.3 Å². The molecular formula is C25H27NO5S. The molecule has 168 valence electrons. The molecular weight excluding hydrogens is 426 g/mol. The number of phenols is 1. The highest BCUT2D eigenvalue weighted by Gasteiger charge is 2.26. The number of amides is 1. The van der Waals surface area contributed by atoms with Crippen molar-refractivity contribution >= 4 is 41.2 Å². The van der Waals surface area contributed by atoms with Gasteiger partial charge in [0.2, 0.25) is 0 Å². The molecule has 1 amide bonds. The quantitative estimate of drug-likeness (QED) is 0.303. The van der Waals surface area contributed by atoms with Crippen molar-refractivity contribution in [2.45, 2.75) is 26.4 Å². The number of esters is 1. The molecule has 0 saturated carbocycles. The topological polar surface area (TPSA) is 84.9 Å². The molecule has 0 spiro atoms. The first-order chi connectivity index (χ1) is 15.4. The van der Waals surface area contributed by atoms with Crippen LogP contribution in [0.4, 0.5) is 10.5 Å². The van der Waals surface area contributed by atoms with Crippen LogP contribution in [0.1, 0.15) is 30.6 Å². The van der Waals surface area contributed by atoms with Gasteiger partial charge < -0.3 is 14.6 Å². The number of thiol groups is 1. The summed E-state index contributed by atoms with van der Waals surface area (Å²) in [7, 11) is 0. The van der Waals surface area contributed by atoms with Gasteiger partial charge in [0.1, 0.15) is 11.9 Å². The molecule has 32 heavy (non-hydrogen) atoms. The summed E-state index contributed by atoms with van der Waals surface area (Å²) in [5, 5.41) is 14.5. The molecule has 0 unspecified atom stereocenters. The largest absolute Gasteiger partial charge is 0.507 e. The Morgan fingerprint density at radius 2 is 1.72 bits per heavy atom. The number of phenolic OH excluding ortho intramolecular Hbond substituents is 1. The van der Waals surface area contributed by atoms with Crippen LogP contribution in [0.15, 0.2) is 60.7 Å². The van der Waals surface area contributed by atoms with Crippen molar-refractivity contribution in [2.75, 3.05) is 17.7 Å². The normalized spacial score (nSPS) is 12.7. The average Bonchev–Trinajstić information content (AvgIpc) is 2.79. The van der Waals surface area contributed by atoms with Crippen LogP contribution in [0.25, 0.3) is 10.8 Å². The predicted octanol–water partition coefficient (Wildman–Crippen LogP) is 5.64. The lowest BCUT2D eigenvalue weighted by molar-refractivity contribution is -0.141. The van der Waals surface area contributed by atoms with E-state index in [9.17, 15) is 14.7 Å². The maximum atomic E-state index is 12.7. The van der Waals surface area contributed by atoms with Gasteiger partial charge in [-0.15, -0.1) is 0 Å². The summed E-state index contributed by atoms with van der Waals surface area (Å²) >= 11 is 3.91. The molecule has 7 heteroatoms. The lowest BCUT2D eigenvalue weighted by Crippen LogP contribution is -2.23. The zero-order valence-electron chi connectivity index (χ0n) is 18.1. The summed E-state index contributed by atoms with van der Waals surface area (Å²) in [4.78, 5) is 24.2. The second-order valence-corrected chi connectivity index (χ2v) is 8.00. The number of fused-ring (bicyclic) bond motifs is 1. The molecule has 0 bridgehead atoms. The molecule has 2 N–H and O–H groups in total. The van der Waals surface area contributed by atoms with Crippen molar-refractivity contribution in [3.8, 4) is 5.75 Å². The molecule has 0 radical (unpaired) electrons. The van der Waals surface area contributed by atoms with E-state index in [0.717, 1.165) is 16.5 Å². The minimum Gasteiger partial charge on any atom is -0.507 e. The van der Waals surface area contributed by atoms with E-state index in [4.69, 9.17) is 9.47 Å². The van der Waals surface area contributed by atoms with Crippen LogP contribution in [0, 0.1) is 12.8 Å². The summed E-state index contributed by atoms with van der Waals surface area (Å²) in [6, 6.07) is 18.2. The fourth-order valence-electron chi connectivity index (χ4n) is 3.50. The maximum absolute atomic E-state index is 12.7. The number of carbonyl (C=O) groups excluding carboxylic acids is 2. The first-order valence-electron chi connectivity index (χ1n) is 10.4. The number of rotatable bonds is 8. The highest BCUT2D eigenvalue weighted by Crippen LogP contribution is 2.37. The third-order valence-electron chi connectivity index (χ3n) is 5.26. The zero-order valence-corrected chi connectivity index (χ0v) is 19.0. The number of aryl methyl sites for hydroxylation is 1. The minimum atomic E-state index is -0.624. The van der Waals surface area contributed by atoms with Gasteiger partial charge in [0.15, 0.2) is 0 Å². The van der Waals surface area contributed by atoms with Crippen LogP contribution in [0.2, 0.25) is 0 Å². The monoisotopic (exact) mass is 453 g/mol. The van der Waals surface area contributed by atoms with E-state index in [1.807, 2.05) is 62.4 Å². The number of benzene rings is 3. The molecule has 0 aliphatic carbocycles. The van der Waals surface area contributed by atoms with E-state index < -0.39 is 18.2 Å². The summed E-state index contributed by atoms with van der Waals surface area (Å²) in [6.07, 6.45) is -0.729. The molecule has 3 rings (SSSR count). The number of aromatic hydroxyl groups is 1. The van der Waals surface area contributed by atoms with Gasteiger partial charge in [0.05, 0.1) is 12.4 Å². The Morgan fingerprint density at radius 3 is 2.41 bits per heavy atom. The lowest BCUT2D eigenvalue weighted by atomic mass is 9.90. The van der Waals surface area contributed by atoms with Crippen molar-refractivity contribution in [1.82, 2.24) is 0 Å². The summed E-state index contributed by atoms with van der Waals surface area (Å²) in [5.41, 5.74) is 2.48. The molecule has 0 fully saturated rings. The Morgan fingerprint density at radius 1 is 1.03 bits per heavy atom. The third kappa shape index (κ3) is 5.95. The molecule has 0 aromatic heterocycles. The van der Waals surface area contributed by atoms with E-state index in [2.05, 4.69) is 17.9 Å². The first-order valence-corrected chi connectivity index (χ1v) is 11.0. The van der Waals surface area contributed by atoms with Gasteiger partial charge in [-0.2, -0.15) is 12.6 Å². The first kappa shape index (κ1) is 23.5. The van der Waals surface area contributed by atoms with Gasteiger partial charge in [-0.1, -0.05) is 55.0 Å². The molecule has 3 aromatic carbocycles. The fraction of sp³-hybridized carbons (Fsp3) is 0.280. The zero-order chi connectivity index (χ0) is 23.1. The summed E-state index contributed by atoms with van der Waals surface area (Å²) in [6.45, 7) is 4.09. The van der Waals surface area contributed by atoms with E-state index in [1.165, 1.54) is 0 Å². The standard InChI is InChI=1S/C25H27NO5S/c1-16-7-9-18(10-8-16)26-25(29)31-24(17(2)13-14-30-23(28)15-32)21-11-12-22(27)20-6-4-3-5-19(20)21/h3-12,17,24,27,32H,13-15H2,1-2H3,(H,26,29)/t17-,24+/m0/s1. The molecule has 0 saturated heterocycles. The Bertz CT molecular complexity index is 1080. The highest BCUT2D eigenvalue weighted by atomic mass is 32.1. The van der Waals surface area contributed by atoms with E-state index in [-0.39, 0.29) is 24.0 Å². The number of hydrogen-bond acceptors (Lipinski definition) is 6. The lowest BCUT2D eigenvalue weighted by Gasteiger charge is -2.26. The van der Waals surface area contributed by atoms with E-state index in [1.54, 1.807) is 12.1 Å². The van der Waals surface area contributed by atoms with Crippen molar-refractivity contribution in [3.63, 3.8) is 0 Å². The molecule has 0 heterocycles.